The number of benzene rings is 2. The van der Waals surface area contributed by atoms with Crippen LogP contribution in [0.4, 0.5) is 5.69 Å². The van der Waals surface area contributed by atoms with Gasteiger partial charge >= 0.3 is 0 Å². The molecule has 1 heterocycles. The van der Waals surface area contributed by atoms with Crippen LogP contribution in [0.1, 0.15) is 17.4 Å². The van der Waals surface area contributed by atoms with Crippen molar-refractivity contribution in [1.29, 1.82) is 0 Å². The number of anilines is 1. The van der Waals surface area contributed by atoms with Crippen LogP contribution in [0.2, 0.25) is 0 Å². The Balaban J connectivity index is 1.68. The fourth-order valence-electron chi connectivity index (χ4n) is 2.44. The molecule has 0 aliphatic rings. The van der Waals surface area contributed by atoms with Crippen LogP contribution in [0.15, 0.2) is 81.9 Å². The fourth-order valence-corrected chi connectivity index (χ4v) is 2.82. The number of para-hydroxylation sites is 1. The van der Waals surface area contributed by atoms with Gasteiger partial charge in [0.2, 0.25) is 5.91 Å². The summed E-state index contributed by atoms with van der Waals surface area (Å²) in [5.74, 6) is 0.657. The van der Waals surface area contributed by atoms with Crippen LogP contribution in [0.5, 0.6) is 0 Å². The molecule has 0 bridgehead atoms. The van der Waals surface area contributed by atoms with E-state index in [1.807, 2.05) is 66.7 Å². The third-order valence-corrected chi connectivity index (χ3v) is 4.27. The smallest absolute Gasteiger partial charge is 0.238 e. The monoisotopic (exact) mass is 384 g/mol. The molecule has 5 heteroatoms. The third-order valence-electron chi connectivity index (χ3n) is 3.58. The molecule has 3 aromatic rings. The molecular weight excluding hydrogens is 368 g/mol. The van der Waals surface area contributed by atoms with Gasteiger partial charge in [-0.25, -0.2) is 0 Å². The van der Waals surface area contributed by atoms with Gasteiger partial charge in [0, 0.05) is 4.47 Å². The van der Waals surface area contributed by atoms with Gasteiger partial charge in [-0.3, -0.25) is 10.1 Å². The van der Waals surface area contributed by atoms with Crippen LogP contribution >= 0.6 is 15.9 Å². The summed E-state index contributed by atoms with van der Waals surface area (Å²) >= 11 is 3.42. The highest BCUT2D eigenvalue weighted by molar-refractivity contribution is 9.10. The first-order valence-corrected chi connectivity index (χ1v) is 8.39. The third kappa shape index (κ3) is 4.13. The van der Waals surface area contributed by atoms with Gasteiger partial charge in [-0.2, -0.15) is 0 Å². The molecule has 1 aromatic heterocycles. The molecule has 0 saturated carbocycles. The Bertz CT molecular complexity index is 788. The number of nitrogens with one attached hydrogen (secondary N) is 2. The Kier molecular flexibility index (Phi) is 5.46. The van der Waals surface area contributed by atoms with Crippen LogP contribution in [0.3, 0.4) is 0 Å². The van der Waals surface area contributed by atoms with E-state index in [4.69, 9.17) is 4.42 Å². The summed E-state index contributed by atoms with van der Waals surface area (Å²) < 4.78 is 6.37. The maximum atomic E-state index is 12.2. The Labute approximate surface area is 149 Å². The predicted octanol–water partition coefficient (Wildman–Crippen LogP) is 4.36. The van der Waals surface area contributed by atoms with E-state index in [1.54, 1.807) is 6.26 Å². The minimum absolute atomic E-state index is 0.116. The molecule has 0 fully saturated rings. The van der Waals surface area contributed by atoms with Crippen LogP contribution in [0.25, 0.3) is 0 Å². The first-order chi connectivity index (χ1) is 11.7. The molecule has 0 aliphatic heterocycles. The SMILES string of the molecule is O=C(CN[C@@H](c1ccccc1)c1ccco1)Nc1ccccc1Br. The highest BCUT2D eigenvalue weighted by Gasteiger charge is 2.17. The Morgan fingerprint density at radius 1 is 1.00 bits per heavy atom. The Hall–Kier alpha value is -2.37. The van der Waals surface area contributed by atoms with Crippen molar-refractivity contribution in [1.82, 2.24) is 5.32 Å². The lowest BCUT2D eigenvalue weighted by Crippen LogP contribution is -2.31. The van der Waals surface area contributed by atoms with Crippen molar-refractivity contribution in [3.05, 3.63) is 88.8 Å². The van der Waals surface area contributed by atoms with E-state index in [-0.39, 0.29) is 18.5 Å². The van der Waals surface area contributed by atoms with Gasteiger partial charge in [0.15, 0.2) is 0 Å². The second-order valence-corrected chi connectivity index (χ2v) is 6.12. The predicted molar refractivity (Wildman–Crippen MR) is 97.8 cm³/mol. The summed E-state index contributed by atoms with van der Waals surface area (Å²) in [5.41, 5.74) is 1.79. The number of amides is 1. The molecule has 1 atom stereocenters. The number of hydrogen-bond donors (Lipinski definition) is 2. The highest BCUT2D eigenvalue weighted by Crippen LogP contribution is 2.23. The molecule has 122 valence electrons. The number of hydrogen-bond acceptors (Lipinski definition) is 3. The number of carbonyl (C=O) groups is 1. The summed E-state index contributed by atoms with van der Waals surface area (Å²) in [5, 5.41) is 6.14. The zero-order valence-electron chi connectivity index (χ0n) is 12.9. The standard InChI is InChI=1S/C19H17BrN2O2/c20-15-9-4-5-10-16(15)22-18(23)13-21-19(17-11-6-12-24-17)14-7-2-1-3-8-14/h1-12,19,21H,13H2,(H,22,23)/t19-/m0/s1. The van der Waals surface area contributed by atoms with E-state index in [0.29, 0.717) is 0 Å². The lowest BCUT2D eigenvalue weighted by Gasteiger charge is -2.17. The molecule has 0 spiro atoms. The second kappa shape index (κ2) is 7.95. The van der Waals surface area contributed by atoms with Crippen molar-refractivity contribution in [2.45, 2.75) is 6.04 Å². The normalized spacial score (nSPS) is 11.9. The number of carbonyl (C=O) groups excluding carboxylic acids is 1. The zero-order valence-corrected chi connectivity index (χ0v) is 14.5. The molecule has 24 heavy (non-hydrogen) atoms. The molecule has 3 rings (SSSR count). The van der Waals surface area contributed by atoms with Gasteiger partial charge in [0.1, 0.15) is 5.76 Å². The van der Waals surface area contributed by atoms with Crippen molar-refractivity contribution in [3.63, 3.8) is 0 Å². The molecule has 0 radical (unpaired) electrons. The van der Waals surface area contributed by atoms with Crippen molar-refractivity contribution in [2.75, 3.05) is 11.9 Å². The largest absolute Gasteiger partial charge is 0.467 e. The molecule has 2 aromatic carbocycles. The summed E-state index contributed by atoms with van der Waals surface area (Å²) in [6.07, 6.45) is 1.63. The van der Waals surface area contributed by atoms with Gasteiger partial charge in [-0.1, -0.05) is 42.5 Å². The van der Waals surface area contributed by atoms with E-state index >= 15 is 0 Å². The van der Waals surface area contributed by atoms with E-state index in [0.717, 1.165) is 21.5 Å². The quantitative estimate of drug-likeness (QED) is 0.663. The van der Waals surface area contributed by atoms with Gasteiger partial charge < -0.3 is 9.73 Å². The first-order valence-electron chi connectivity index (χ1n) is 7.60. The molecule has 1 amide bonds. The molecule has 2 N–H and O–H groups in total. The second-order valence-electron chi connectivity index (χ2n) is 5.27. The van der Waals surface area contributed by atoms with E-state index in [2.05, 4.69) is 26.6 Å². The molecule has 0 aliphatic carbocycles. The summed E-state index contributed by atoms with van der Waals surface area (Å²) in [6, 6.07) is 21.0. The summed E-state index contributed by atoms with van der Waals surface area (Å²) in [7, 11) is 0. The van der Waals surface area contributed by atoms with E-state index in [1.165, 1.54) is 0 Å². The molecule has 4 nitrogen and oxygen atoms in total. The maximum absolute atomic E-state index is 12.2. The molecule has 0 unspecified atom stereocenters. The number of furan rings is 1. The van der Waals surface area contributed by atoms with Crippen LogP contribution in [-0.2, 0) is 4.79 Å². The fraction of sp³-hybridized carbons (Fsp3) is 0.105. The number of rotatable bonds is 6. The first kappa shape index (κ1) is 16.5. The Morgan fingerprint density at radius 3 is 2.46 bits per heavy atom. The van der Waals surface area contributed by atoms with Crippen molar-refractivity contribution in [2.24, 2.45) is 0 Å². The van der Waals surface area contributed by atoms with E-state index < -0.39 is 0 Å². The lowest BCUT2D eigenvalue weighted by atomic mass is 10.0. The number of halogens is 1. The van der Waals surface area contributed by atoms with E-state index in [9.17, 15) is 4.79 Å². The molecular formula is C19H17BrN2O2. The minimum atomic E-state index is -0.175. The Morgan fingerprint density at radius 2 is 1.75 bits per heavy atom. The highest BCUT2D eigenvalue weighted by atomic mass is 79.9. The maximum Gasteiger partial charge on any atom is 0.238 e. The average molecular weight is 385 g/mol. The van der Waals surface area contributed by atoms with Gasteiger partial charge in [0.05, 0.1) is 24.5 Å². The summed E-state index contributed by atoms with van der Waals surface area (Å²) in [6.45, 7) is 0.168. The summed E-state index contributed by atoms with van der Waals surface area (Å²) in [4.78, 5) is 12.2. The van der Waals surface area contributed by atoms with Crippen LogP contribution in [0, 0.1) is 0 Å². The van der Waals surface area contributed by atoms with Crippen molar-refractivity contribution < 1.29 is 9.21 Å². The lowest BCUT2D eigenvalue weighted by molar-refractivity contribution is -0.115. The van der Waals surface area contributed by atoms with Crippen molar-refractivity contribution in [3.8, 4) is 0 Å². The van der Waals surface area contributed by atoms with Gasteiger partial charge in [0.25, 0.3) is 0 Å². The average Bonchev–Trinajstić information content (AvgIpc) is 3.12. The van der Waals surface area contributed by atoms with Gasteiger partial charge in [-0.15, -0.1) is 0 Å². The minimum Gasteiger partial charge on any atom is -0.467 e. The van der Waals surface area contributed by atoms with Crippen LogP contribution < -0.4 is 10.6 Å². The van der Waals surface area contributed by atoms with Crippen LogP contribution in [-0.4, -0.2) is 12.5 Å². The zero-order chi connectivity index (χ0) is 16.8. The van der Waals surface area contributed by atoms with Gasteiger partial charge in [-0.05, 0) is 45.8 Å². The van der Waals surface area contributed by atoms with Crippen molar-refractivity contribution >= 4 is 27.5 Å². The topological polar surface area (TPSA) is 54.3 Å². The molecule has 0 saturated heterocycles.